The number of esters is 1. The van der Waals surface area contributed by atoms with Crippen molar-refractivity contribution in [1.82, 2.24) is 5.43 Å². The van der Waals surface area contributed by atoms with E-state index in [4.69, 9.17) is 30.5 Å². The lowest BCUT2D eigenvalue weighted by Gasteiger charge is -2.12. The number of hydrazone groups is 1. The molecule has 1 N–H and O–H groups in total. The van der Waals surface area contributed by atoms with Crippen molar-refractivity contribution < 1.29 is 28.5 Å². The minimum absolute atomic E-state index is 0.211. The Morgan fingerprint density at radius 1 is 1.10 bits per heavy atom. The molecule has 0 saturated heterocycles. The van der Waals surface area contributed by atoms with Gasteiger partial charge in [-0.1, -0.05) is 11.6 Å². The molecule has 0 saturated carbocycles. The van der Waals surface area contributed by atoms with E-state index < -0.39 is 5.97 Å². The Hall–Kier alpha value is -3.26. The molecule has 2 aromatic rings. The van der Waals surface area contributed by atoms with E-state index in [9.17, 15) is 9.59 Å². The zero-order valence-electron chi connectivity index (χ0n) is 16.9. The van der Waals surface area contributed by atoms with Crippen LogP contribution in [0.25, 0.3) is 0 Å². The van der Waals surface area contributed by atoms with Crippen molar-refractivity contribution in [2.45, 2.75) is 13.8 Å². The van der Waals surface area contributed by atoms with Crippen molar-refractivity contribution in [3.05, 3.63) is 52.5 Å². The SMILES string of the molecule is CCOC(=O)COc1c(Cl)cc(/C=N/NC(=O)c2ccc(OCC)cc2)cc1OC. The van der Waals surface area contributed by atoms with Crippen LogP contribution in [-0.2, 0) is 9.53 Å². The summed E-state index contributed by atoms with van der Waals surface area (Å²) in [6, 6.07) is 9.89. The monoisotopic (exact) mass is 434 g/mol. The second-order valence-electron chi connectivity index (χ2n) is 5.78. The van der Waals surface area contributed by atoms with E-state index >= 15 is 0 Å². The van der Waals surface area contributed by atoms with Crippen LogP contribution in [0.1, 0.15) is 29.8 Å². The number of amides is 1. The number of nitrogens with zero attached hydrogens (tertiary/aromatic N) is 1. The summed E-state index contributed by atoms with van der Waals surface area (Å²) in [7, 11) is 1.44. The van der Waals surface area contributed by atoms with Gasteiger partial charge >= 0.3 is 5.97 Å². The quantitative estimate of drug-likeness (QED) is 0.349. The largest absolute Gasteiger partial charge is 0.494 e. The third-order valence-corrected chi connectivity index (χ3v) is 3.98. The average Bonchev–Trinajstić information content (AvgIpc) is 2.73. The van der Waals surface area contributed by atoms with Crippen molar-refractivity contribution in [2.75, 3.05) is 26.9 Å². The molecule has 1 amide bonds. The number of halogens is 1. The van der Waals surface area contributed by atoms with Crippen molar-refractivity contribution >= 4 is 29.7 Å². The van der Waals surface area contributed by atoms with E-state index in [1.807, 2.05) is 6.92 Å². The van der Waals surface area contributed by atoms with Gasteiger partial charge in [-0.05, 0) is 55.8 Å². The van der Waals surface area contributed by atoms with Gasteiger partial charge in [-0.2, -0.15) is 5.10 Å². The van der Waals surface area contributed by atoms with Crippen LogP contribution in [0.2, 0.25) is 5.02 Å². The van der Waals surface area contributed by atoms with Gasteiger partial charge in [0, 0.05) is 5.56 Å². The zero-order valence-corrected chi connectivity index (χ0v) is 17.7. The lowest BCUT2D eigenvalue weighted by atomic mass is 10.2. The first-order chi connectivity index (χ1) is 14.5. The molecule has 9 heteroatoms. The van der Waals surface area contributed by atoms with Gasteiger partial charge in [0.1, 0.15) is 5.75 Å². The molecule has 0 atom stereocenters. The van der Waals surface area contributed by atoms with Gasteiger partial charge in [-0.15, -0.1) is 0 Å². The highest BCUT2D eigenvalue weighted by molar-refractivity contribution is 6.32. The van der Waals surface area contributed by atoms with Gasteiger partial charge in [0.15, 0.2) is 18.1 Å². The smallest absolute Gasteiger partial charge is 0.344 e. The summed E-state index contributed by atoms with van der Waals surface area (Å²) in [6.45, 7) is 4.10. The summed E-state index contributed by atoms with van der Waals surface area (Å²) in [4.78, 5) is 23.6. The Labute approximate surface area is 179 Å². The fourth-order valence-electron chi connectivity index (χ4n) is 2.39. The molecule has 0 spiro atoms. The predicted octanol–water partition coefficient (Wildman–Crippen LogP) is 3.45. The summed E-state index contributed by atoms with van der Waals surface area (Å²) < 4.78 is 20.8. The Morgan fingerprint density at radius 2 is 1.83 bits per heavy atom. The molecule has 30 heavy (non-hydrogen) atoms. The fourth-order valence-corrected chi connectivity index (χ4v) is 2.66. The maximum atomic E-state index is 12.2. The normalized spacial score (nSPS) is 10.5. The summed E-state index contributed by atoms with van der Waals surface area (Å²) in [5, 5.41) is 4.16. The van der Waals surface area contributed by atoms with E-state index in [0.717, 1.165) is 0 Å². The lowest BCUT2D eigenvalue weighted by Crippen LogP contribution is -2.17. The summed E-state index contributed by atoms with van der Waals surface area (Å²) in [5.41, 5.74) is 3.44. The number of rotatable bonds is 10. The number of nitrogens with one attached hydrogen (secondary N) is 1. The highest BCUT2D eigenvalue weighted by Crippen LogP contribution is 2.36. The minimum atomic E-state index is -0.515. The Balaban J connectivity index is 2.03. The zero-order chi connectivity index (χ0) is 21.9. The van der Waals surface area contributed by atoms with Crippen LogP contribution in [0, 0.1) is 0 Å². The fraction of sp³-hybridized carbons (Fsp3) is 0.286. The van der Waals surface area contributed by atoms with Gasteiger partial charge in [0.05, 0.1) is 31.6 Å². The second kappa shape index (κ2) is 11.7. The van der Waals surface area contributed by atoms with Crippen molar-refractivity contribution in [3.8, 4) is 17.2 Å². The van der Waals surface area contributed by atoms with Gasteiger partial charge in [-0.25, -0.2) is 10.2 Å². The number of hydrogen-bond acceptors (Lipinski definition) is 7. The number of carbonyl (C=O) groups excluding carboxylic acids is 2. The molecule has 0 fully saturated rings. The first-order valence-electron chi connectivity index (χ1n) is 9.20. The molecule has 8 nitrogen and oxygen atoms in total. The highest BCUT2D eigenvalue weighted by Gasteiger charge is 2.14. The first kappa shape index (κ1) is 23.0. The molecule has 0 aliphatic carbocycles. The molecular formula is C21H23ClN2O6. The van der Waals surface area contributed by atoms with E-state index in [1.165, 1.54) is 13.3 Å². The van der Waals surface area contributed by atoms with Gasteiger partial charge in [0.2, 0.25) is 0 Å². The Bertz CT molecular complexity index is 899. The molecule has 0 unspecified atom stereocenters. The van der Waals surface area contributed by atoms with Gasteiger partial charge in [0.25, 0.3) is 5.91 Å². The maximum absolute atomic E-state index is 12.2. The molecular weight excluding hydrogens is 412 g/mol. The van der Waals surface area contributed by atoms with Crippen LogP contribution in [0.15, 0.2) is 41.5 Å². The summed E-state index contributed by atoms with van der Waals surface area (Å²) in [5.74, 6) is 0.318. The van der Waals surface area contributed by atoms with E-state index in [1.54, 1.807) is 43.3 Å². The van der Waals surface area contributed by atoms with Crippen LogP contribution >= 0.6 is 11.6 Å². The van der Waals surface area contributed by atoms with Crippen LogP contribution in [0.3, 0.4) is 0 Å². The predicted molar refractivity (Wildman–Crippen MR) is 113 cm³/mol. The number of benzene rings is 2. The standard InChI is InChI=1S/C21H23ClN2O6/c1-4-28-16-8-6-15(7-9-16)21(26)24-23-12-14-10-17(22)20(18(11-14)27-3)30-13-19(25)29-5-2/h6-12H,4-5,13H2,1-3H3,(H,24,26)/b23-12+. The number of ether oxygens (including phenoxy) is 4. The van der Waals surface area contributed by atoms with E-state index in [0.29, 0.717) is 29.2 Å². The molecule has 0 bridgehead atoms. The van der Waals surface area contributed by atoms with Crippen LogP contribution in [0.4, 0.5) is 0 Å². The van der Waals surface area contributed by atoms with E-state index in [2.05, 4.69) is 10.5 Å². The molecule has 0 aromatic heterocycles. The molecule has 2 aromatic carbocycles. The average molecular weight is 435 g/mol. The van der Waals surface area contributed by atoms with Crippen molar-refractivity contribution in [3.63, 3.8) is 0 Å². The minimum Gasteiger partial charge on any atom is -0.494 e. The van der Waals surface area contributed by atoms with E-state index in [-0.39, 0.29) is 29.9 Å². The molecule has 0 heterocycles. The number of carbonyl (C=O) groups is 2. The molecule has 0 aliphatic rings. The Morgan fingerprint density at radius 3 is 2.47 bits per heavy atom. The summed E-state index contributed by atoms with van der Waals surface area (Å²) in [6.07, 6.45) is 1.41. The maximum Gasteiger partial charge on any atom is 0.344 e. The summed E-state index contributed by atoms with van der Waals surface area (Å²) >= 11 is 6.23. The van der Waals surface area contributed by atoms with Crippen molar-refractivity contribution in [1.29, 1.82) is 0 Å². The third-order valence-electron chi connectivity index (χ3n) is 3.70. The third kappa shape index (κ3) is 6.66. The lowest BCUT2D eigenvalue weighted by molar-refractivity contribution is -0.145. The second-order valence-corrected chi connectivity index (χ2v) is 6.19. The van der Waals surface area contributed by atoms with Crippen molar-refractivity contribution in [2.24, 2.45) is 5.10 Å². The Kier molecular flexibility index (Phi) is 8.96. The molecule has 0 aliphatic heterocycles. The van der Waals surface area contributed by atoms with Crippen LogP contribution in [-0.4, -0.2) is 45.0 Å². The number of hydrogen-bond donors (Lipinski definition) is 1. The van der Waals surface area contributed by atoms with Gasteiger partial charge < -0.3 is 18.9 Å². The molecule has 2 rings (SSSR count). The first-order valence-corrected chi connectivity index (χ1v) is 9.58. The molecule has 160 valence electrons. The molecule has 0 radical (unpaired) electrons. The van der Waals surface area contributed by atoms with Crippen LogP contribution < -0.4 is 19.6 Å². The number of methoxy groups -OCH3 is 1. The van der Waals surface area contributed by atoms with Gasteiger partial charge in [-0.3, -0.25) is 4.79 Å². The topological polar surface area (TPSA) is 95.5 Å². The van der Waals surface area contributed by atoms with Crippen LogP contribution in [0.5, 0.6) is 17.2 Å². The highest BCUT2D eigenvalue weighted by atomic mass is 35.5.